The van der Waals surface area contributed by atoms with Gasteiger partial charge in [-0.3, -0.25) is 14.4 Å². The van der Waals surface area contributed by atoms with Crippen LogP contribution in [0.25, 0.3) is 0 Å². The topological polar surface area (TPSA) is 145 Å². The van der Waals surface area contributed by atoms with Gasteiger partial charge in [-0.05, 0) is 47.9 Å². The van der Waals surface area contributed by atoms with Crippen LogP contribution in [-0.2, 0) is 22.6 Å². The molecule has 37 heavy (non-hydrogen) atoms. The van der Waals surface area contributed by atoms with E-state index in [1.54, 1.807) is 12.1 Å². The normalized spacial score (nSPS) is 11.3. The molecule has 192 valence electrons. The molecule has 0 fully saturated rings. The first kappa shape index (κ1) is 27.2. The quantitative estimate of drug-likeness (QED) is 0.261. The number of aliphatic carboxylic acids is 1. The van der Waals surface area contributed by atoms with Crippen LogP contribution in [0.5, 0.6) is 5.75 Å². The van der Waals surface area contributed by atoms with E-state index in [2.05, 4.69) is 16.0 Å². The minimum atomic E-state index is -1.38. The Hall–Kier alpha value is -4.37. The molecular formula is C27H26ClN3O6. The second-order valence-electron chi connectivity index (χ2n) is 8.20. The summed E-state index contributed by atoms with van der Waals surface area (Å²) in [6, 6.07) is 18.4. The van der Waals surface area contributed by atoms with Gasteiger partial charge >= 0.3 is 5.97 Å². The van der Waals surface area contributed by atoms with Gasteiger partial charge in [-0.25, -0.2) is 4.79 Å². The average Bonchev–Trinajstić information content (AvgIpc) is 2.88. The smallest absolute Gasteiger partial charge is 0.328 e. The molecule has 0 aromatic heterocycles. The molecule has 0 aliphatic carbocycles. The van der Waals surface area contributed by atoms with Crippen LogP contribution in [0.15, 0.2) is 72.8 Å². The lowest BCUT2D eigenvalue weighted by molar-refractivity contribution is -0.139. The standard InChI is InChI=1S/C27H26ClN3O6/c28-22-14-19(25(34)30-15-18-7-4-8-20(32)13-18)10-11-21(22)26(35)31-23(27(36)37)16-29-24(33)12-9-17-5-2-1-3-6-17/h1-8,10-11,13-14,23,32H,9,12,15-16H2,(H,29,33)(H,30,34)(H,31,35)(H,36,37)/t23-/m0/s1. The number of carbonyl (C=O) groups excluding carboxylic acids is 3. The molecule has 0 aliphatic heterocycles. The van der Waals surface area contributed by atoms with Gasteiger partial charge in [0.25, 0.3) is 11.8 Å². The van der Waals surface area contributed by atoms with Gasteiger partial charge in [0.2, 0.25) is 5.91 Å². The number of aryl methyl sites for hydroxylation is 1. The molecule has 0 aliphatic rings. The fraction of sp³-hybridized carbons (Fsp3) is 0.185. The lowest BCUT2D eigenvalue weighted by Crippen LogP contribution is -2.48. The van der Waals surface area contributed by atoms with Gasteiger partial charge in [-0.15, -0.1) is 0 Å². The first-order chi connectivity index (χ1) is 17.7. The molecule has 3 rings (SSSR count). The molecule has 9 nitrogen and oxygen atoms in total. The van der Waals surface area contributed by atoms with Crippen molar-refractivity contribution in [1.29, 1.82) is 0 Å². The highest BCUT2D eigenvalue weighted by molar-refractivity contribution is 6.34. The summed E-state index contributed by atoms with van der Waals surface area (Å²) in [7, 11) is 0. The van der Waals surface area contributed by atoms with Crippen LogP contribution in [-0.4, -0.2) is 46.5 Å². The number of benzene rings is 3. The zero-order valence-electron chi connectivity index (χ0n) is 19.7. The van der Waals surface area contributed by atoms with Crippen molar-refractivity contribution in [2.75, 3.05) is 6.54 Å². The second kappa shape index (κ2) is 13.1. The number of nitrogens with one attached hydrogen (secondary N) is 3. The van der Waals surface area contributed by atoms with Crippen molar-refractivity contribution in [2.24, 2.45) is 0 Å². The Balaban J connectivity index is 1.54. The van der Waals surface area contributed by atoms with E-state index >= 15 is 0 Å². The number of rotatable bonds is 11. The minimum Gasteiger partial charge on any atom is -0.508 e. The molecule has 0 unspecified atom stereocenters. The number of phenolic OH excluding ortho intramolecular Hbond substituents is 1. The van der Waals surface area contributed by atoms with E-state index in [0.29, 0.717) is 12.0 Å². The van der Waals surface area contributed by atoms with Crippen molar-refractivity contribution in [3.8, 4) is 5.75 Å². The highest BCUT2D eigenvalue weighted by Crippen LogP contribution is 2.19. The summed E-state index contributed by atoms with van der Waals surface area (Å²) in [6.07, 6.45) is 0.672. The summed E-state index contributed by atoms with van der Waals surface area (Å²) >= 11 is 6.21. The average molecular weight is 524 g/mol. The number of phenols is 1. The summed E-state index contributed by atoms with van der Waals surface area (Å²) in [6.45, 7) is -0.133. The molecule has 3 aromatic rings. The van der Waals surface area contributed by atoms with Gasteiger partial charge in [-0.2, -0.15) is 0 Å². The number of hydrogen-bond donors (Lipinski definition) is 5. The van der Waals surface area contributed by atoms with Gasteiger partial charge in [0.1, 0.15) is 11.8 Å². The molecule has 0 saturated carbocycles. The van der Waals surface area contributed by atoms with Gasteiger partial charge in [-0.1, -0.05) is 54.1 Å². The fourth-order valence-electron chi connectivity index (χ4n) is 3.43. The van der Waals surface area contributed by atoms with E-state index in [-0.39, 0.29) is 47.3 Å². The third-order valence-corrected chi connectivity index (χ3v) is 5.74. The number of carboxylic acid groups (broad SMARTS) is 1. The zero-order chi connectivity index (χ0) is 26.8. The molecule has 1 atom stereocenters. The molecule has 0 spiro atoms. The Labute approximate surface area is 218 Å². The van der Waals surface area contributed by atoms with Crippen LogP contribution in [0.4, 0.5) is 0 Å². The summed E-state index contributed by atoms with van der Waals surface area (Å²) in [4.78, 5) is 48.9. The first-order valence-electron chi connectivity index (χ1n) is 11.4. The van der Waals surface area contributed by atoms with Gasteiger partial charge < -0.3 is 26.2 Å². The van der Waals surface area contributed by atoms with Gasteiger partial charge in [0.05, 0.1) is 10.6 Å². The monoisotopic (exact) mass is 523 g/mol. The largest absolute Gasteiger partial charge is 0.508 e. The fourth-order valence-corrected chi connectivity index (χ4v) is 3.70. The third kappa shape index (κ3) is 8.36. The molecule has 5 N–H and O–H groups in total. The summed E-state index contributed by atoms with van der Waals surface area (Å²) in [5, 5.41) is 26.5. The number of halogens is 1. The zero-order valence-corrected chi connectivity index (χ0v) is 20.5. The summed E-state index contributed by atoms with van der Waals surface area (Å²) in [5.74, 6) is -2.79. The van der Waals surface area contributed by atoms with Crippen LogP contribution in [0, 0.1) is 0 Å². The SMILES string of the molecule is O=C(CCc1ccccc1)NC[C@H](NC(=O)c1ccc(C(=O)NCc2cccc(O)c2)cc1Cl)C(=O)O. The maximum absolute atomic E-state index is 12.7. The van der Waals surface area contributed by atoms with Crippen molar-refractivity contribution in [3.05, 3.63) is 100 Å². The number of aromatic hydroxyl groups is 1. The number of carbonyl (C=O) groups is 4. The predicted octanol–water partition coefficient (Wildman–Crippen LogP) is 2.91. The Morgan fingerprint density at radius 2 is 1.57 bits per heavy atom. The van der Waals surface area contributed by atoms with E-state index < -0.39 is 23.8 Å². The van der Waals surface area contributed by atoms with Gasteiger partial charge in [0.15, 0.2) is 0 Å². The Morgan fingerprint density at radius 1 is 0.838 bits per heavy atom. The van der Waals surface area contributed by atoms with E-state index in [9.17, 15) is 29.4 Å². The van der Waals surface area contributed by atoms with Crippen molar-refractivity contribution in [1.82, 2.24) is 16.0 Å². The lowest BCUT2D eigenvalue weighted by atomic mass is 10.1. The molecule has 0 radical (unpaired) electrons. The Bertz CT molecular complexity index is 1280. The van der Waals surface area contributed by atoms with Gasteiger partial charge in [0, 0.05) is 25.1 Å². The molecular weight excluding hydrogens is 498 g/mol. The molecule has 3 aromatic carbocycles. The molecule has 0 saturated heterocycles. The van der Waals surface area contributed by atoms with Crippen LogP contribution >= 0.6 is 11.6 Å². The highest BCUT2D eigenvalue weighted by atomic mass is 35.5. The molecule has 0 heterocycles. The maximum Gasteiger partial charge on any atom is 0.328 e. The maximum atomic E-state index is 12.7. The number of amides is 3. The highest BCUT2D eigenvalue weighted by Gasteiger charge is 2.23. The molecule has 0 bridgehead atoms. The van der Waals surface area contributed by atoms with E-state index in [1.165, 1.54) is 30.3 Å². The van der Waals surface area contributed by atoms with Crippen LogP contribution in [0.3, 0.4) is 0 Å². The van der Waals surface area contributed by atoms with Crippen molar-refractivity contribution in [3.63, 3.8) is 0 Å². The Morgan fingerprint density at radius 3 is 2.24 bits per heavy atom. The first-order valence-corrected chi connectivity index (χ1v) is 11.8. The summed E-state index contributed by atoms with van der Waals surface area (Å²) in [5.41, 5.74) is 1.85. The lowest BCUT2D eigenvalue weighted by Gasteiger charge is -2.16. The van der Waals surface area contributed by atoms with Crippen LogP contribution in [0.2, 0.25) is 5.02 Å². The number of carboxylic acids is 1. The predicted molar refractivity (Wildman–Crippen MR) is 137 cm³/mol. The van der Waals surface area contributed by atoms with Crippen molar-refractivity contribution >= 4 is 35.3 Å². The minimum absolute atomic E-state index is 0.0205. The van der Waals surface area contributed by atoms with Crippen molar-refractivity contribution < 1.29 is 29.4 Å². The number of hydrogen-bond acceptors (Lipinski definition) is 5. The van der Waals surface area contributed by atoms with E-state index in [1.807, 2.05) is 30.3 Å². The molecule has 10 heteroatoms. The second-order valence-corrected chi connectivity index (χ2v) is 8.61. The van der Waals surface area contributed by atoms with E-state index in [0.717, 1.165) is 5.56 Å². The van der Waals surface area contributed by atoms with Crippen LogP contribution in [0.1, 0.15) is 38.3 Å². The molecule has 3 amide bonds. The van der Waals surface area contributed by atoms with E-state index in [4.69, 9.17) is 11.6 Å². The summed E-state index contributed by atoms with van der Waals surface area (Å²) < 4.78 is 0. The van der Waals surface area contributed by atoms with Crippen molar-refractivity contribution in [2.45, 2.75) is 25.4 Å². The van der Waals surface area contributed by atoms with Crippen LogP contribution < -0.4 is 16.0 Å². The third-order valence-electron chi connectivity index (χ3n) is 5.43. The Kier molecular flexibility index (Phi) is 9.62.